The summed E-state index contributed by atoms with van der Waals surface area (Å²) in [5, 5.41) is 3.17. The zero-order valence-corrected chi connectivity index (χ0v) is 11.4. The van der Waals surface area contributed by atoms with Crippen molar-refractivity contribution in [1.29, 1.82) is 0 Å². The molecule has 0 bridgehead atoms. The molecule has 0 spiro atoms. The van der Waals surface area contributed by atoms with Gasteiger partial charge in [-0.15, -0.1) is 0 Å². The smallest absolute Gasteiger partial charge is 0.404 e. The Morgan fingerprint density at radius 2 is 2.15 bits per heavy atom. The molecule has 1 aromatic carbocycles. The van der Waals surface area contributed by atoms with Gasteiger partial charge in [0.25, 0.3) is 0 Å². The summed E-state index contributed by atoms with van der Waals surface area (Å²) in [6, 6.07) is 3.16. The molecule has 2 aromatic rings. The molecule has 1 fully saturated rings. The second-order valence-electron chi connectivity index (χ2n) is 5.10. The fourth-order valence-corrected chi connectivity index (χ4v) is 2.87. The van der Waals surface area contributed by atoms with E-state index >= 15 is 0 Å². The number of halogens is 4. The molecule has 0 amide bonds. The molecule has 1 unspecified atom stereocenters. The predicted molar refractivity (Wildman–Crippen MR) is 69.0 cm³/mol. The van der Waals surface area contributed by atoms with E-state index in [0.29, 0.717) is 21.7 Å². The number of alkyl halides is 3. The maximum absolute atomic E-state index is 13.4. The average Bonchev–Trinajstić information content (AvgIpc) is 2.92. The van der Waals surface area contributed by atoms with Crippen LogP contribution in [0.25, 0.3) is 11.1 Å². The molecular weight excluding hydrogens is 293 g/mol. The van der Waals surface area contributed by atoms with Gasteiger partial charge in [-0.05, 0) is 37.6 Å². The Hall–Kier alpha value is -1.27. The van der Waals surface area contributed by atoms with Crippen molar-refractivity contribution in [2.24, 2.45) is 0 Å². The standard InChI is InChI=1S/C13H12ClF3N2O/c1-7-4-8(14)5-9-10(7)20-11(19-9)12(13(15,16)17)2-3-18-6-12/h4-5,18H,2-3,6H2,1H3. The topological polar surface area (TPSA) is 38.1 Å². The number of hydrogen-bond acceptors (Lipinski definition) is 3. The van der Waals surface area contributed by atoms with Crippen LogP contribution in [0.2, 0.25) is 5.02 Å². The summed E-state index contributed by atoms with van der Waals surface area (Å²) in [6.07, 6.45) is -4.48. The summed E-state index contributed by atoms with van der Waals surface area (Å²) in [5.74, 6) is -0.282. The van der Waals surface area contributed by atoms with E-state index in [9.17, 15) is 13.2 Å². The van der Waals surface area contributed by atoms with Crippen molar-refractivity contribution in [3.8, 4) is 0 Å². The van der Waals surface area contributed by atoms with Gasteiger partial charge in [-0.25, -0.2) is 4.98 Å². The van der Waals surface area contributed by atoms with Crippen LogP contribution >= 0.6 is 11.6 Å². The second kappa shape index (κ2) is 4.36. The Balaban J connectivity index is 2.20. The lowest BCUT2D eigenvalue weighted by molar-refractivity contribution is -0.190. The second-order valence-corrected chi connectivity index (χ2v) is 5.53. The van der Waals surface area contributed by atoms with E-state index in [-0.39, 0.29) is 25.4 Å². The highest BCUT2D eigenvalue weighted by atomic mass is 35.5. The van der Waals surface area contributed by atoms with Gasteiger partial charge in [0.1, 0.15) is 5.52 Å². The van der Waals surface area contributed by atoms with Crippen LogP contribution < -0.4 is 5.32 Å². The molecule has 20 heavy (non-hydrogen) atoms. The van der Waals surface area contributed by atoms with Crippen molar-refractivity contribution < 1.29 is 17.6 Å². The monoisotopic (exact) mass is 304 g/mol. The van der Waals surface area contributed by atoms with Gasteiger partial charge in [-0.3, -0.25) is 0 Å². The van der Waals surface area contributed by atoms with Gasteiger partial charge in [0.2, 0.25) is 5.89 Å². The number of rotatable bonds is 1. The van der Waals surface area contributed by atoms with Crippen molar-refractivity contribution >= 4 is 22.7 Å². The summed E-state index contributed by atoms with van der Waals surface area (Å²) in [5.41, 5.74) is -0.653. The van der Waals surface area contributed by atoms with Crippen LogP contribution in [0.3, 0.4) is 0 Å². The molecule has 1 atom stereocenters. The number of fused-ring (bicyclic) bond motifs is 1. The third kappa shape index (κ3) is 1.90. The fraction of sp³-hybridized carbons (Fsp3) is 0.462. The van der Waals surface area contributed by atoms with E-state index in [1.54, 1.807) is 13.0 Å². The van der Waals surface area contributed by atoms with E-state index in [0.717, 1.165) is 0 Å². The van der Waals surface area contributed by atoms with Crippen LogP contribution in [0.4, 0.5) is 13.2 Å². The summed E-state index contributed by atoms with van der Waals surface area (Å²) >= 11 is 5.90. The van der Waals surface area contributed by atoms with Crippen LogP contribution in [-0.4, -0.2) is 24.2 Å². The molecule has 0 aliphatic carbocycles. The van der Waals surface area contributed by atoms with Crippen molar-refractivity contribution in [2.75, 3.05) is 13.1 Å². The minimum Gasteiger partial charge on any atom is -0.439 e. The number of oxazole rings is 1. The van der Waals surface area contributed by atoms with Gasteiger partial charge in [-0.1, -0.05) is 11.6 Å². The Labute approximate surface area is 118 Å². The van der Waals surface area contributed by atoms with E-state index in [1.807, 2.05) is 0 Å². The Morgan fingerprint density at radius 1 is 1.40 bits per heavy atom. The highest BCUT2D eigenvalue weighted by Crippen LogP contribution is 2.46. The minimum absolute atomic E-state index is 0.0733. The van der Waals surface area contributed by atoms with Crippen molar-refractivity contribution in [3.05, 3.63) is 28.6 Å². The molecule has 108 valence electrons. The molecule has 1 N–H and O–H groups in total. The van der Waals surface area contributed by atoms with Crippen LogP contribution in [-0.2, 0) is 5.41 Å². The van der Waals surface area contributed by atoms with Gasteiger partial charge in [-0.2, -0.15) is 13.2 Å². The first-order valence-corrected chi connectivity index (χ1v) is 6.56. The van der Waals surface area contributed by atoms with Crippen LogP contribution in [0.15, 0.2) is 16.5 Å². The largest absolute Gasteiger partial charge is 0.439 e. The molecular formula is C13H12ClF3N2O. The van der Waals surface area contributed by atoms with E-state index in [2.05, 4.69) is 10.3 Å². The molecule has 3 nitrogen and oxygen atoms in total. The lowest BCUT2D eigenvalue weighted by Crippen LogP contribution is -2.44. The van der Waals surface area contributed by atoms with Crippen molar-refractivity contribution in [3.63, 3.8) is 0 Å². The SMILES string of the molecule is Cc1cc(Cl)cc2nc(C3(C(F)(F)F)CCNC3)oc12. The van der Waals surface area contributed by atoms with Crippen LogP contribution in [0.1, 0.15) is 17.9 Å². The lowest BCUT2D eigenvalue weighted by atomic mass is 9.86. The van der Waals surface area contributed by atoms with Gasteiger partial charge >= 0.3 is 6.18 Å². The highest BCUT2D eigenvalue weighted by Gasteiger charge is 2.60. The molecule has 7 heteroatoms. The first-order valence-electron chi connectivity index (χ1n) is 6.18. The maximum atomic E-state index is 13.4. The third-order valence-corrected chi connectivity index (χ3v) is 3.97. The summed E-state index contributed by atoms with van der Waals surface area (Å²) in [6.45, 7) is 1.81. The predicted octanol–water partition coefficient (Wildman–Crippen LogP) is 3.58. The Kier molecular flexibility index (Phi) is 2.99. The van der Waals surface area contributed by atoms with Gasteiger partial charge < -0.3 is 9.73 Å². The summed E-state index contributed by atoms with van der Waals surface area (Å²) in [7, 11) is 0. The molecule has 3 rings (SSSR count). The normalized spacial score (nSPS) is 23.6. The summed E-state index contributed by atoms with van der Waals surface area (Å²) in [4.78, 5) is 4.04. The van der Waals surface area contributed by atoms with Gasteiger partial charge in [0, 0.05) is 11.6 Å². The van der Waals surface area contributed by atoms with Crippen LogP contribution in [0.5, 0.6) is 0 Å². The molecule has 1 aliphatic rings. The number of nitrogens with one attached hydrogen (secondary N) is 1. The third-order valence-electron chi connectivity index (χ3n) is 3.75. The molecule has 0 radical (unpaired) electrons. The zero-order chi connectivity index (χ0) is 14.5. The molecule has 1 aromatic heterocycles. The maximum Gasteiger partial charge on any atom is 0.404 e. The van der Waals surface area contributed by atoms with Gasteiger partial charge in [0.05, 0.1) is 0 Å². The van der Waals surface area contributed by atoms with E-state index in [1.165, 1.54) is 6.07 Å². The summed E-state index contributed by atoms with van der Waals surface area (Å²) < 4.78 is 45.8. The van der Waals surface area contributed by atoms with E-state index < -0.39 is 11.6 Å². The number of hydrogen-bond donors (Lipinski definition) is 1. The molecule has 1 saturated heterocycles. The Bertz CT molecular complexity index is 659. The van der Waals surface area contributed by atoms with Gasteiger partial charge in [0.15, 0.2) is 11.0 Å². The number of nitrogens with zero attached hydrogens (tertiary/aromatic N) is 1. The molecule has 2 heterocycles. The number of benzene rings is 1. The molecule has 1 aliphatic heterocycles. The average molecular weight is 305 g/mol. The van der Waals surface area contributed by atoms with Crippen LogP contribution in [0, 0.1) is 6.92 Å². The number of aromatic nitrogens is 1. The molecule has 0 saturated carbocycles. The quantitative estimate of drug-likeness (QED) is 0.875. The highest BCUT2D eigenvalue weighted by molar-refractivity contribution is 6.31. The number of aryl methyl sites for hydroxylation is 1. The van der Waals surface area contributed by atoms with Crippen molar-refractivity contribution in [2.45, 2.75) is 24.9 Å². The van der Waals surface area contributed by atoms with Crippen molar-refractivity contribution in [1.82, 2.24) is 10.3 Å². The first kappa shape index (κ1) is 13.7. The van der Waals surface area contributed by atoms with E-state index in [4.69, 9.17) is 16.0 Å². The fourth-order valence-electron chi connectivity index (χ4n) is 2.60. The zero-order valence-electron chi connectivity index (χ0n) is 10.6. The Morgan fingerprint density at radius 3 is 2.75 bits per heavy atom. The first-order chi connectivity index (χ1) is 9.33. The minimum atomic E-state index is -4.41. The lowest BCUT2D eigenvalue weighted by Gasteiger charge is -2.27.